The molecular formula is C15H14INO. The van der Waals surface area contributed by atoms with E-state index in [9.17, 15) is 0 Å². The van der Waals surface area contributed by atoms with E-state index in [1.54, 1.807) is 7.11 Å². The number of aryl methyl sites for hydroxylation is 1. The van der Waals surface area contributed by atoms with Crippen LogP contribution in [-0.2, 0) is 7.05 Å². The lowest BCUT2D eigenvalue weighted by atomic mass is 10.2. The van der Waals surface area contributed by atoms with Crippen LogP contribution in [0.1, 0.15) is 11.1 Å². The van der Waals surface area contributed by atoms with Gasteiger partial charge in [0.2, 0.25) is 0 Å². The van der Waals surface area contributed by atoms with E-state index in [-0.39, 0.29) is 24.0 Å². The molecule has 0 spiro atoms. The van der Waals surface area contributed by atoms with Crippen LogP contribution >= 0.6 is 0 Å². The zero-order chi connectivity index (χ0) is 12.1. The molecule has 92 valence electrons. The molecule has 2 aromatic rings. The molecule has 0 radical (unpaired) electrons. The van der Waals surface area contributed by atoms with Crippen molar-refractivity contribution in [3.63, 3.8) is 0 Å². The van der Waals surface area contributed by atoms with Crippen LogP contribution in [0, 0.1) is 11.8 Å². The molecule has 3 heteroatoms. The van der Waals surface area contributed by atoms with Crippen LogP contribution in [-0.4, -0.2) is 7.11 Å². The third kappa shape index (κ3) is 4.04. The van der Waals surface area contributed by atoms with Crippen molar-refractivity contribution >= 4 is 0 Å². The molecule has 0 N–H and O–H groups in total. The number of hydrogen-bond donors (Lipinski definition) is 0. The van der Waals surface area contributed by atoms with Crippen LogP contribution in [0.2, 0.25) is 0 Å². The van der Waals surface area contributed by atoms with Gasteiger partial charge in [-0.25, -0.2) is 4.57 Å². The van der Waals surface area contributed by atoms with Crippen molar-refractivity contribution < 1.29 is 33.3 Å². The Morgan fingerprint density at radius 1 is 1.00 bits per heavy atom. The monoisotopic (exact) mass is 351 g/mol. The Labute approximate surface area is 125 Å². The van der Waals surface area contributed by atoms with Crippen molar-refractivity contribution in [1.82, 2.24) is 0 Å². The van der Waals surface area contributed by atoms with Crippen LogP contribution in [0.3, 0.4) is 0 Å². The molecule has 0 unspecified atom stereocenters. The minimum absolute atomic E-state index is 0. The standard InChI is InChI=1S/C15H14NO.HI/c1-16-11-3-4-14(12-16)6-5-13-7-9-15(17-2)10-8-13;/h3-4,7-12H,1-2H3;1H/q+1;/p-1. The van der Waals surface area contributed by atoms with Crippen LogP contribution in [0.25, 0.3) is 0 Å². The molecule has 0 saturated carbocycles. The van der Waals surface area contributed by atoms with Gasteiger partial charge in [-0.3, -0.25) is 0 Å². The summed E-state index contributed by atoms with van der Waals surface area (Å²) in [7, 11) is 3.64. The Morgan fingerprint density at radius 3 is 2.28 bits per heavy atom. The fraction of sp³-hybridized carbons (Fsp3) is 0.133. The van der Waals surface area contributed by atoms with Crippen molar-refractivity contribution in [2.45, 2.75) is 0 Å². The van der Waals surface area contributed by atoms with E-state index in [4.69, 9.17) is 4.74 Å². The molecule has 2 nitrogen and oxygen atoms in total. The number of methoxy groups -OCH3 is 1. The van der Waals surface area contributed by atoms with E-state index < -0.39 is 0 Å². The Hall–Kier alpha value is -1.54. The van der Waals surface area contributed by atoms with E-state index >= 15 is 0 Å². The summed E-state index contributed by atoms with van der Waals surface area (Å²) in [5.74, 6) is 7.10. The summed E-state index contributed by atoms with van der Waals surface area (Å²) >= 11 is 0. The number of benzene rings is 1. The van der Waals surface area contributed by atoms with Gasteiger partial charge in [0.05, 0.1) is 12.7 Å². The van der Waals surface area contributed by atoms with Crippen LogP contribution < -0.4 is 33.3 Å². The van der Waals surface area contributed by atoms with Gasteiger partial charge < -0.3 is 28.7 Å². The number of halogens is 1. The molecule has 0 fully saturated rings. The summed E-state index contributed by atoms with van der Waals surface area (Å²) in [6, 6.07) is 11.7. The second kappa shape index (κ2) is 7.02. The SMILES string of the molecule is COc1ccc(C#Cc2ccc[n+](C)c2)cc1.[I-]. The van der Waals surface area contributed by atoms with Crippen molar-refractivity contribution in [2.75, 3.05) is 7.11 Å². The molecule has 0 aliphatic carbocycles. The molecule has 1 aromatic carbocycles. The van der Waals surface area contributed by atoms with Gasteiger partial charge >= 0.3 is 0 Å². The Morgan fingerprint density at radius 2 is 1.67 bits per heavy atom. The fourth-order valence-electron chi connectivity index (χ4n) is 1.48. The normalized spacial score (nSPS) is 8.78. The van der Waals surface area contributed by atoms with Gasteiger partial charge in [-0.15, -0.1) is 0 Å². The summed E-state index contributed by atoms with van der Waals surface area (Å²) in [5, 5.41) is 0. The smallest absolute Gasteiger partial charge is 0.184 e. The maximum atomic E-state index is 5.10. The van der Waals surface area contributed by atoms with Crippen molar-refractivity contribution in [2.24, 2.45) is 7.05 Å². The quantitative estimate of drug-likeness (QED) is 0.362. The zero-order valence-electron chi connectivity index (χ0n) is 10.4. The maximum Gasteiger partial charge on any atom is 0.184 e. The van der Waals surface area contributed by atoms with Crippen molar-refractivity contribution in [3.8, 4) is 17.6 Å². The molecule has 1 aromatic heterocycles. The van der Waals surface area contributed by atoms with Crippen LogP contribution in [0.5, 0.6) is 5.75 Å². The second-order valence-corrected chi connectivity index (χ2v) is 3.74. The summed E-state index contributed by atoms with van der Waals surface area (Å²) in [4.78, 5) is 0. The first-order valence-electron chi connectivity index (χ1n) is 5.39. The largest absolute Gasteiger partial charge is 1.00 e. The van der Waals surface area contributed by atoms with Gasteiger partial charge in [0.25, 0.3) is 0 Å². The molecule has 0 aliphatic rings. The highest BCUT2D eigenvalue weighted by molar-refractivity contribution is 5.43. The Bertz CT molecular complexity index is 567. The number of rotatable bonds is 1. The van der Waals surface area contributed by atoms with Crippen molar-refractivity contribution in [1.29, 1.82) is 0 Å². The van der Waals surface area contributed by atoms with Gasteiger partial charge in [-0.1, -0.05) is 11.8 Å². The summed E-state index contributed by atoms with van der Waals surface area (Å²) in [6.07, 6.45) is 3.98. The number of pyridine rings is 1. The highest BCUT2D eigenvalue weighted by Crippen LogP contribution is 2.10. The molecule has 2 rings (SSSR count). The molecule has 0 atom stereocenters. The van der Waals surface area contributed by atoms with E-state index in [0.717, 1.165) is 16.9 Å². The predicted octanol–water partition coefficient (Wildman–Crippen LogP) is -1.08. The number of hydrogen-bond acceptors (Lipinski definition) is 1. The van der Waals surface area contributed by atoms with E-state index in [2.05, 4.69) is 11.8 Å². The molecule has 18 heavy (non-hydrogen) atoms. The zero-order valence-corrected chi connectivity index (χ0v) is 12.5. The number of aromatic nitrogens is 1. The van der Waals surface area contributed by atoms with Gasteiger partial charge in [0, 0.05) is 11.6 Å². The van der Waals surface area contributed by atoms with E-state index in [1.165, 1.54) is 0 Å². The lowest BCUT2D eigenvalue weighted by Gasteiger charge is -1.97. The fourth-order valence-corrected chi connectivity index (χ4v) is 1.48. The first kappa shape index (κ1) is 14.5. The summed E-state index contributed by atoms with van der Waals surface area (Å²) in [6.45, 7) is 0. The first-order valence-corrected chi connectivity index (χ1v) is 5.39. The third-order valence-electron chi connectivity index (χ3n) is 2.38. The van der Waals surface area contributed by atoms with Gasteiger partial charge in [0.1, 0.15) is 12.8 Å². The van der Waals surface area contributed by atoms with Gasteiger partial charge in [-0.2, -0.15) is 0 Å². The topological polar surface area (TPSA) is 13.1 Å². The molecule has 0 bridgehead atoms. The van der Waals surface area contributed by atoms with Crippen LogP contribution in [0.15, 0.2) is 48.8 Å². The third-order valence-corrected chi connectivity index (χ3v) is 2.38. The minimum atomic E-state index is 0. The highest BCUT2D eigenvalue weighted by atomic mass is 127. The first-order chi connectivity index (χ1) is 8.28. The molecule has 0 amide bonds. The van der Waals surface area contributed by atoms with Gasteiger partial charge in [0.15, 0.2) is 12.4 Å². The lowest BCUT2D eigenvalue weighted by molar-refractivity contribution is -0.671. The van der Waals surface area contributed by atoms with Crippen LogP contribution in [0.4, 0.5) is 0 Å². The van der Waals surface area contributed by atoms with Crippen molar-refractivity contribution in [3.05, 3.63) is 59.9 Å². The average Bonchev–Trinajstić information content (AvgIpc) is 2.37. The molecular weight excluding hydrogens is 337 g/mol. The maximum absolute atomic E-state index is 5.10. The molecule has 1 heterocycles. The number of nitrogens with zero attached hydrogens (tertiary/aromatic N) is 1. The Balaban J connectivity index is 0.00000162. The van der Waals surface area contributed by atoms with Gasteiger partial charge in [-0.05, 0) is 30.3 Å². The Kier molecular flexibility index (Phi) is 5.66. The minimum Gasteiger partial charge on any atom is -1.00 e. The predicted molar refractivity (Wildman–Crippen MR) is 66.6 cm³/mol. The second-order valence-electron chi connectivity index (χ2n) is 3.74. The number of ether oxygens (including phenoxy) is 1. The molecule has 0 aliphatic heterocycles. The summed E-state index contributed by atoms with van der Waals surface area (Å²) in [5.41, 5.74) is 1.99. The highest BCUT2D eigenvalue weighted by Gasteiger charge is 1.93. The lowest BCUT2D eigenvalue weighted by Crippen LogP contribution is -3.00. The molecule has 0 saturated heterocycles. The average molecular weight is 351 g/mol. The summed E-state index contributed by atoms with van der Waals surface area (Å²) < 4.78 is 7.08. The van der Waals surface area contributed by atoms with E-state index in [1.807, 2.05) is 60.4 Å². The van der Waals surface area contributed by atoms with E-state index in [0.29, 0.717) is 0 Å².